The standard InChI is InChI=1S/C26H28ClN3O5/c1-33-21-14-18(26(32)30-12-6-3-7-13-30)20(15-22(21)34-2)29-24(31)10-11-25-28-16-23(35-25)17-8-4-5-9-19(17)27/h4-5,8-9,14-16H,3,6-7,10-13H2,1-2H3,(H,29,31). The highest BCUT2D eigenvalue weighted by Crippen LogP contribution is 2.35. The first-order chi connectivity index (χ1) is 17.0. The summed E-state index contributed by atoms with van der Waals surface area (Å²) in [5.41, 5.74) is 1.49. The van der Waals surface area contributed by atoms with Crippen molar-refractivity contribution in [2.24, 2.45) is 0 Å². The molecule has 0 unspecified atom stereocenters. The first-order valence-corrected chi connectivity index (χ1v) is 11.9. The Morgan fingerprint density at radius 2 is 1.80 bits per heavy atom. The maximum absolute atomic E-state index is 13.3. The first-order valence-electron chi connectivity index (χ1n) is 11.5. The van der Waals surface area contributed by atoms with Gasteiger partial charge in [0.05, 0.1) is 36.7 Å². The molecule has 0 aliphatic carbocycles. The van der Waals surface area contributed by atoms with Crippen LogP contribution in [0.2, 0.25) is 5.02 Å². The minimum absolute atomic E-state index is 0.119. The van der Waals surface area contributed by atoms with Gasteiger partial charge in [-0.25, -0.2) is 4.98 Å². The number of aryl methyl sites for hydroxylation is 1. The van der Waals surface area contributed by atoms with Gasteiger partial charge >= 0.3 is 0 Å². The topological polar surface area (TPSA) is 93.9 Å². The molecule has 2 heterocycles. The maximum Gasteiger partial charge on any atom is 0.256 e. The molecule has 1 N–H and O–H groups in total. The van der Waals surface area contributed by atoms with E-state index in [4.69, 9.17) is 25.5 Å². The van der Waals surface area contributed by atoms with Gasteiger partial charge in [0.1, 0.15) is 0 Å². The number of nitrogens with zero attached hydrogens (tertiary/aromatic N) is 2. The van der Waals surface area contributed by atoms with Crippen LogP contribution in [0.5, 0.6) is 11.5 Å². The van der Waals surface area contributed by atoms with E-state index >= 15 is 0 Å². The molecule has 184 valence electrons. The number of rotatable bonds is 8. The summed E-state index contributed by atoms with van der Waals surface area (Å²) >= 11 is 6.23. The Kier molecular flexibility index (Phi) is 7.92. The van der Waals surface area contributed by atoms with Gasteiger partial charge in [-0.05, 0) is 37.5 Å². The van der Waals surface area contributed by atoms with Crippen LogP contribution in [0.25, 0.3) is 11.3 Å². The van der Waals surface area contributed by atoms with Crippen LogP contribution >= 0.6 is 11.6 Å². The molecule has 2 amide bonds. The van der Waals surface area contributed by atoms with Crippen molar-refractivity contribution in [1.82, 2.24) is 9.88 Å². The molecule has 0 bridgehead atoms. The van der Waals surface area contributed by atoms with Crippen LogP contribution in [0.1, 0.15) is 41.9 Å². The quantitative estimate of drug-likeness (QED) is 0.459. The van der Waals surface area contributed by atoms with Gasteiger partial charge in [-0.3, -0.25) is 9.59 Å². The van der Waals surface area contributed by atoms with Crippen molar-refractivity contribution >= 4 is 29.1 Å². The molecule has 0 saturated carbocycles. The van der Waals surface area contributed by atoms with E-state index in [2.05, 4.69) is 10.3 Å². The van der Waals surface area contributed by atoms with Crippen LogP contribution < -0.4 is 14.8 Å². The van der Waals surface area contributed by atoms with E-state index in [1.54, 1.807) is 24.4 Å². The molecule has 8 nitrogen and oxygen atoms in total. The Morgan fingerprint density at radius 1 is 1.09 bits per heavy atom. The summed E-state index contributed by atoms with van der Waals surface area (Å²) in [4.78, 5) is 32.2. The van der Waals surface area contributed by atoms with Crippen LogP contribution in [0.15, 0.2) is 47.0 Å². The number of halogens is 1. The molecule has 9 heteroatoms. The first kappa shape index (κ1) is 24.6. The minimum Gasteiger partial charge on any atom is -0.493 e. The number of hydrogen-bond donors (Lipinski definition) is 1. The molecule has 0 spiro atoms. The van der Waals surface area contributed by atoms with Crippen molar-refractivity contribution in [1.29, 1.82) is 0 Å². The van der Waals surface area contributed by atoms with Crippen molar-refractivity contribution in [3.8, 4) is 22.8 Å². The highest BCUT2D eigenvalue weighted by atomic mass is 35.5. The third-order valence-corrected chi connectivity index (χ3v) is 6.26. The lowest BCUT2D eigenvalue weighted by atomic mass is 10.1. The molecular weight excluding hydrogens is 470 g/mol. The van der Waals surface area contributed by atoms with E-state index in [9.17, 15) is 9.59 Å². The summed E-state index contributed by atoms with van der Waals surface area (Å²) in [7, 11) is 3.02. The van der Waals surface area contributed by atoms with Crippen LogP contribution in [-0.4, -0.2) is 49.0 Å². The Morgan fingerprint density at radius 3 is 2.51 bits per heavy atom. The Hall–Kier alpha value is -3.52. The second-order valence-corrected chi connectivity index (χ2v) is 8.66. The van der Waals surface area contributed by atoms with Crippen LogP contribution in [0, 0.1) is 0 Å². The van der Waals surface area contributed by atoms with Crippen molar-refractivity contribution in [2.45, 2.75) is 32.1 Å². The largest absolute Gasteiger partial charge is 0.493 e. The fourth-order valence-corrected chi connectivity index (χ4v) is 4.30. The number of carbonyl (C=O) groups is 2. The summed E-state index contributed by atoms with van der Waals surface area (Å²) < 4.78 is 16.6. The number of ether oxygens (including phenoxy) is 2. The Labute approximate surface area is 209 Å². The number of carbonyl (C=O) groups excluding carboxylic acids is 2. The van der Waals surface area contributed by atoms with Crippen molar-refractivity contribution in [3.05, 3.63) is 59.1 Å². The minimum atomic E-state index is -0.276. The highest BCUT2D eigenvalue weighted by Gasteiger charge is 2.24. The maximum atomic E-state index is 13.3. The van der Waals surface area contributed by atoms with Gasteiger partial charge in [-0.1, -0.05) is 23.7 Å². The van der Waals surface area contributed by atoms with Gasteiger partial charge in [0.2, 0.25) is 5.91 Å². The SMILES string of the molecule is COc1cc(NC(=O)CCc2ncc(-c3ccccc3Cl)o2)c(C(=O)N2CCCCC2)cc1OC. The second kappa shape index (κ2) is 11.3. The summed E-state index contributed by atoms with van der Waals surface area (Å²) in [6, 6.07) is 10.6. The summed E-state index contributed by atoms with van der Waals surface area (Å²) in [5.74, 6) is 1.40. The van der Waals surface area contributed by atoms with Crippen LogP contribution in [-0.2, 0) is 11.2 Å². The zero-order chi connectivity index (χ0) is 24.8. The van der Waals surface area contributed by atoms with Crippen molar-refractivity contribution < 1.29 is 23.5 Å². The second-order valence-electron chi connectivity index (χ2n) is 8.25. The third kappa shape index (κ3) is 5.77. The zero-order valence-corrected chi connectivity index (χ0v) is 20.6. The number of benzene rings is 2. The van der Waals surface area contributed by atoms with Gasteiger partial charge < -0.3 is 24.1 Å². The van der Waals surface area contributed by atoms with Crippen LogP contribution in [0.3, 0.4) is 0 Å². The van der Waals surface area contributed by atoms with Gasteiger partial charge in [0.25, 0.3) is 5.91 Å². The predicted octanol–water partition coefficient (Wildman–Crippen LogP) is 5.21. The fraction of sp³-hybridized carbons (Fsp3) is 0.346. The number of nitrogens with one attached hydrogen (secondary N) is 1. The molecule has 1 aliphatic heterocycles. The number of oxazole rings is 1. The number of hydrogen-bond acceptors (Lipinski definition) is 6. The van der Waals surface area contributed by atoms with E-state index < -0.39 is 0 Å². The number of anilines is 1. The molecule has 1 fully saturated rings. The van der Waals surface area contributed by atoms with Gasteiger partial charge in [0.15, 0.2) is 23.1 Å². The molecule has 4 rings (SSSR count). The molecule has 35 heavy (non-hydrogen) atoms. The average molecular weight is 498 g/mol. The number of methoxy groups -OCH3 is 2. The molecule has 3 aromatic rings. The lowest BCUT2D eigenvalue weighted by molar-refractivity contribution is -0.116. The number of likely N-dealkylation sites (tertiary alicyclic amines) is 1. The summed E-state index contributed by atoms with van der Waals surface area (Å²) in [6.07, 6.45) is 5.05. The average Bonchev–Trinajstić information content (AvgIpc) is 3.36. The van der Waals surface area contributed by atoms with E-state index in [-0.39, 0.29) is 18.2 Å². The molecule has 1 aliphatic rings. The van der Waals surface area contributed by atoms with E-state index in [1.165, 1.54) is 14.2 Å². The molecule has 2 aromatic carbocycles. The Balaban J connectivity index is 1.48. The van der Waals surface area contributed by atoms with Crippen molar-refractivity contribution in [2.75, 3.05) is 32.6 Å². The Bertz CT molecular complexity index is 1200. The summed E-state index contributed by atoms with van der Waals surface area (Å²) in [5, 5.41) is 3.42. The predicted molar refractivity (Wildman–Crippen MR) is 133 cm³/mol. The molecule has 0 radical (unpaired) electrons. The highest BCUT2D eigenvalue weighted by molar-refractivity contribution is 6.33. The molecule has 0 atom stereocenters. The molecule has 1 aromatic heterocycles. The molecule has 1 saturated heterocycles. The van der Waals surface area contributed by atoms with Gasteiger partial charge in [-0.2, -0.15) is 0 Å². The number of aromatic nitrogens is 1. The summed E-state index contributed by atoms with van der Waals surface area (Å²) in [6.45, 7) is 1.39. The smallest absolute Gasteiger partial charge is 0.256 e. The van der Waals surface area contributed by atoms with Gasteiger partial charge in [-0.15, -0.1) is 0 Å². The lowest BCUT2D eigenvalue weighted by Gasteiger charge is -2.28. The van der Waals surface area contributed by atoms with E-state index in [1.807, 2.05) is 23.1 Å². The third-order valence-electron chi connectivity index (χ3n) is 5.93. The lowest BCUT2D eigenvalue weighted by Crippen LogP contribution is -2.36. The fourth-order valence-electron chi connectivity index (χ4n) is 4.07. The number of amides is 2. The molecular formula is C26H28ClN3O5. The van der Waals surface area contributed by atoms with Gasteiger partial charge in [0, 0.05) is 37.6 Å². The number of piperidine rings is 1. The van der Waals surface area contributed by atoms with Crippen molar-refractivity contribution in [3.63, 3.8) is 0 Å². The normalized spacial score (nSPS) is 13.4. The van der Waals surface area contributed by atoms with Crippen LogP contribution in [0.4, 0.5) is 5.69 Å². The van der Waals surface area contributed by atoms with E-state index in [0.29, 0.717) is 58.9 Å². The zero-order valence-electron chi connectivity index (χ0n) is 19.8. The monoisotopic (exact) mass is 497 g/mol. The van der Waals surface area contributed by atoms with E-state index in [0.717, 1.165) is 24.8 Å².